The Morgan fingerprint density at radius 1 is 1.20 bits per heavy atom. The molecule has 1 amide bonds. The number of hydrazone groups is 1. The SMILES string of the molecule is O=C(Cc1cccc(C(F)(F)F)c1)N/N=C\c1cc(Br)c(Sc2ccc(Cl)cc2)o1. The molecule has 0 spiro atoms. The van der Waals surface area contributed by atoms with Crippen molar-refractivity contribution >= 4 is 51.4 Å². The second-order valence-corrected chi connectivity index (χ2v) is 8.35. The number of nitrogens with zero attached hydrogens (tertiary/aromatic N) is 1. The number of rotatable bonds is 6. The predicted molar refractivity (Wildman–Crippen MR) is 113 cm³/mol. The van der Waals surface area contributed by atoms with Crippen molar-refractivity contribution in [2.75, 3.05) is 0 Å². The van der Waals surface area contributed by atoms with Gasteiger partial charge in [0.05, 0.1) is 22.7 Å². The van der Waals surface area contributed by atoms with Crippen LogP contribution in [0.25, 0.3) is 0 Å². The molecule has 0 saturated carbocycles. The fourth-order valence-electron chi connectivity index (χ4n) is 2.36. The molecule has 0 aliphatic rings. The normalized spacial score (nSPS) is 11.8. The van der Waals surface area contributed by atoms with Gasteiger partial charge in [0.15, 0.2) is 5.09 Å². The van der Waals surface area contributed by atoms with E-state index < -0.39 is 17.6 Å². The maximum atomic E-state index is 12.7. The van der Waals surface area contributed by atoms with Crippen LogP contribution < -0.4 is 5.43 Å². The summed E-state index contributed by atoms with van der Waals surface area (Å²) in [6.07, 6.45) is -3.39. The minimum absolute atomic E-state index is 0.235. The van der Waals surface area contributed by atoms with Gasteiger partial charge >= 0.3 is 6.18 Å². The van der Waals surface area contributed by atoms with Crippen molar-refractivity contribution < 1.29 is 22.4 Å². The molecule has 0 atom stereocenters. The van der Waals surface area contributed by atoms with Crippen molar-refractivity contribution in [1.29, 1.82) is 0 Å². The number of alkyl halides is 3. The Labute approximate surface area is 187 Å². The zero-order valence-electron chi connectivity index (χ0n) is 15.0. The van der Waals surface area contributed by atoms with Gasteiger partial charge in [0.25, 0.3) is 0 Å². The van der Waals surface area contributed by atoms with Gasteiger partial charge in [-0.1, -0.05) is 41.6 Å². The Balaban J connectivity index is 1.57. The zero-order valence-corrected chi connectivity index (χ0v) is 18.2. The topological polar surface area (TPSA) is 54.6 Å². The highest BCUT2D eigenvalue weighted by molar-refractivity contribution is 9.10. The highest BCUT2D eigenvalue weighted by Crippen LogP contribution is 2.36. The molecule has 3 rings (SSSR count). The highest BCUT2D eigenvalue weighted by atomic mass is 79.9. The third-order valence-electron chi connectivity index (χ3n) is 3.70. The summed E-state index contributed by atoms with van der Waals surface area (Å²) < 4.78 is 44.6. The lowest BCUT2D eigenvalue weighted by molar-refractivity contribution is -0.137. The van der Waals surface area contributed by atoms with Crippen LogP contribution >= 0.6 is 39.3 Å². The summed E-state index contributed by atoms with van der Waals surface area (Å²) in [7, 11) is 0. The highest BCUT2D eigenvalue weighted by Gasteiger charge is 2.30. The number of benzene rings is 2. The molecule has 2 aromatic carbocycles. The monoisotopic (exact) mass is 516 g/mol. The number of nitrogens with one attached hydrogen (secondary N) is 1. The van der Waals surface area contributed by atoms with Crippen LogP contribution in [0, 0.1) is 0 Å². The van der Waals surface area contributed by atoms with E-state index in [-0.39, 0.29) is 12.0 Å². The average Bonchev–Trinajstić information content (AvgIpc) is 3.02. The van der Waals surface area contributed by atoms with Crippen molar-refractivity contribution in [2.24, 2.45) is 5.10 Å². The summed E-state index contributed by atoms with van der Waals surface area (Å²) in [5, 5.41) is 5.02. The summed E-state index contributed by atoms with van der Waals surface area (Å²) in [4.78, 5) is 12.9. The number of carbonyl (C=O) groups is 1. The van der Waals surface area contributed by atoms with Crippen molar-refractivity contribution in [1.82, 2.24) is 5.43 Å². The minimum Gasteiger partial charge on any atom is -0.447 e. The largest absolute Gasteiger partial charge is 0.447 e. The number of hydrogen-bond donors (Lipinski definition) is 1. The van der Waals surface area contributed by atoms with Crippen LogP contribution in [0.4, 0.5) is 13.2 Å². The fourth-order valence-corrected chi connectivity index (χ4v) is 3.82. The van der Waals surface area contributed by atoms with Gasteiger partial charge in [-0.2, -0.15) is 18.3 Å². The Kier molecular flexibility index (Phi) is 7.27. The van der Waals surface area contributed by atoms with Gasteiger partial charge in [-0.05, 0) is 51.8 Å². The molecule has 0 fully saturated rings. The quantitative estimate of drug-likeness (QED) is 0.298. The molecule has 1 heterocycles. The van der Waals surface area contributed by atoms with E-state index >= 15 is 0 Å². The van der Waals surface area contributed by atoms with Crippen molar-refractivity contribution in [3.63, 3.8) is 0 Å². The molecule has 10 heteroatoms. The Morgan fingerprint density at radius 3 is 2.63 bits per heavy atom. The summed E-state index contributed by atoms with van der Waals surface area (Å²) in [6, 6.07) is 13.5. The standard InChI is InChI=1S/C20H13BrClF3N2O2S/c21-17-10-15(29-19(17)30-16-6-4-14(22)5-7-16)11-26-27-18(28)9-12-2-1-3-13(8-12)20(23,24)25/h1-8,10-11H,9H2,(H,27,28)/b26-11-. The molecule has 0 radical (unpaired) electrons. The van der Waals surface area contributed by atoms with Crippen molar-refractivity contribution in [3.8, 4) is 0 Å². The maximum absolute atomic E-state index is 12.7. The summed E-state index contributed by atoms with van der Waals surface area (Å²) >= 11 is 10.6. The lowest BCUT2D eigenvalue weighted by atomic mass is 10.1. The van der Waals surface area contributed by atoms with Gasteiger partial charge in [0.1, 0.15) is 5.76 Å². The Hall–Kier alpha value is -2.23. The number of amides is 1. The summed E-state index contributed by atoms with van der Waals surface area (Å²) in [5.74, 6) is -0.162. The molecule has 0 unspecified atom stereocenters. The number of furan rings is 1. The van der Waals surface area contributed by atoms with Gasteiger partial charge in [0, 0.05) is 16.0 Å². The number of hydrogen-bond acceptors (Lipinski definition) is 4. The lowest BCUT2D eigenvalue weighted by Gasteiger charge is -2.08. The van der Waals surface area contributed by atoms with Crippen LogP contribution in [0.2, 0.25) is 5.02 Å². The van der Waals surface area contributed by atoms with E-state index in [4.69, 9.17) is 16.0 Å². The molecular weight excluding hydrogens is 505 g/mol. The second kappa shape index (κ2) is 9.72. The van der Waals surface area contributed by atoms with Crippen LogP contribution in [0.1, 0.15) is 16.9 Å². The summed E-state index contributed by atoms with van der Waals surface area (Å²) in [6.45, 7) is 0. The number of halogens is 5. The van der Waals surface area contributed by atoms with Gasteiger partial charge < -0.3 is 4.42 Å². The first kappa shape index (κ1) is 22.5. The second-order valence-electron chi connectivity index (χ2n) is 6.01. The smallest absolute Gasteiger partial charge is 0.416 e. The van der Waals surface area contributed by atoms with Gasteiger partial charge in [0.2, 0.25) is 5.91 Å². The lowest BCUT2D eigenvalue weighted by Crippen LogP contribution is -2.20. The molecule has 1 N–H and O–H groups in total. The third-order valence-corrected chi connectivity index (χ3v) is 5.80. The zero-order chi connectivity index (χ0) is 21.7. The van der Waals surface area contributed by atoms with Crippen LogP contribution in [0.5, 0.6) is 0 Å². The third kappa shape index (κ3) is 6.38. The van der Waals surface area contributed by atoms with E-state index in [1.54, 1.807) is 18.2 Å². The molecule has 1 aromatic heterocycles. The molecule has 4 nitrogen and oxygen atoms in total. The van der Waals surface area contributed by atoms with E-state index in [2.05, 4.69) is 26.5 Å². The molecule has 0 bridgehead atoms. The predicted octanol–water partition coefficient (Wildman–Crippen LogP) is 6.56. The van der Waals surface area contributed by atoms with Crippen LogP contribution in [-0.2, 0) is 17.4 Å². The minimum atomic E-state index is -4.46. The molecule has 156 valence electrons. The molecule has 3 aromatic rings. The fraction of sp³-hybridized carbons (Fsp3) is 0.100. The molecular formula is C20H13BrClF3N2O2S. The van der Waals surface area contributed by atoms with Crippen molar-refractivity contribution in [2.45, 2.75) is 22.6 Å². The summed E-state index contributed by atoms with van der Waals surface area (Å²) in [5.41, 5.74) is 1.71. The first-order chi connectivity index (χ1) is 14.2. The molecule has 0 aliphatic carbocycles. The van der Waals surface area contributed by atoms with Crippen LogP contribution in [0.15, 0.2) is 78.6 Å². The number of carbonyl (C=O) groups excluding carboxylic acids is 1. The maximum Gasteiger partial charge on any atom is 0.416 e. The van der Waals surface area contributed by atoms with Gasteiger partial charge in [-0.15, -0.1) is 0 Å². The molecule has 30 heavy (non-hydrogen) atoms. The first-order valence-corrected chi connectivity index (χ1v) is 10.4. The van der Waals surface area contributed by atoms with E-state index in [1.165, 1.54) is 30.1 Å². The van der Waals surface area contributed by atoms with E-state index in [0.29, 0.717) is 20.3 Å². The Morgan fingerprint density at radius 2 is 1.93 bits per heavy atom. The first-order valence-electron chi connectivity index (χ1n) is 8.41. The van der Waals surface area contributed by atoms with E-state index in [9.17, 15) is 18.0 Å². The van der Waals surface area contributed by atoms with E-state index in [0.717, 1.165) is 17.0 Å². The van der Waals surface area contributed by atoms with Gasteiger partial charge in [-0.3, -0.25) is 4.79 Å². The van der Waals surface area contributed by atoms with Crippen LogP contribution in [-0.4, -0.2) is 12.1 Å². The van der Waals surface area contributed by atoms with Crippen LogP contribution in [0.3, 0.4) is 0 Å². The molecule has 0 saturated heterocycles. The van der Waals surface area contributed by atoms with E-state index in [1.807, 2.05) is 12.1 Å². The van der Waals surface area contributed by atoms with Gasteiger partial charge in [-0.25, -0.2) is 5.43 Å². The van der Waals surface area contributed by atoms with Crippen molar-refractivity contribution in [3.05, 3.63) is 81.0 Å². The average molecular weight is 518 g/mol. The Bertz CT molecular complexity index is 1070. The molecule has 0 aliphatic heterocycles.